The fraction of sp³-hybridized carbons (Fsp3) is 0.941. The minimum Gasteiger partial charge on any atom is -0.512 e. The van der Waals surface area contributed by atoms with Crippen LogP contribution in [0.2, 0.25) is 0 Å². The molecule has 0 aromatic heterocycles. The van der Waals surface area contributed by atoms with Crippen molar-refractivity contribution < 1.29 is 4.48 Å². The molecule has 0 unspecified atom stereocenters. The van der Waals surface area contributed by atoms with Crippen molar-refractivity contribution in [1.29, 1.82) is 5.26 Å². The Bertz CT molecular complexity index is 149. The molecule has 0 aromatic rings. The lowest BCUT2D eigenvalue weighted by Crippen LogP contribution is -2.50. The van der Waals surface area contributed by atoms with E-state index >= 15 is 0 Å². The molecule has 0 spiro atoms. The van der Waals surface area contributed by atoms with E-state index < -0.39 is 0 Å². The Morgan fingerprint density at radius 2 is 0.789 bits per heavy atom. The molecule has 0 N–H and O–H groups in total. The number of nitrogens with zero attached hydrogens (tertiary/aromatic N) is 2. The average molecular weight is 268 g/mol. The third-order valence-corrected chi connectivity index (χ3v) is 3.94. The van der Waals surface area contributed by atoms with Crippen molar-refractivity contribution in [2.45, 2.75) is 79.1 Å². The third-order valence-electron chi connectivity index (χ3n) is 3.94. The molecule has 0 aliphatic heterocycles. The maximum atomic E-state index is 6.25. The monoisotopic (exact) mass is 268 g/mol. The number of hydrogen-bond acceptors (Lipinski definition) is 1. The number of hydrogen-bond donors (Lipinski definition) is 0. The molecule has 0 bridgehead atoms. The van der Waals surface area contributed by atoms with Crippen LogP contribution in [0.5, 0.6) is 0 Å². The van der Waals surface area contributed by atoms with Crippen molar-refractivity contribution >= 4 is 0 Å². The van der Waals surface area contributed by atoms with Gasteiger partial charge in [0.25, 0.3) is 0 Å². The second kappa shape index (κ2) is 15.5. The summed E-state index contributed by atoms with van der Waals surface area (Å²) in [5.41, 5.74) is 0. The fourth-order valence-corrected chi connectivity index (χ4v) is 2.64. The lowest BCUT2D eigenvalue weighted by atomic mass is 10.1. The van der Waals surface area contributed by atoms with Crippen LogP contribution in [0, 0.1) is 11.8 Å². The van der Waals surface area contributed by atoms with Gasteiger partial charge >= 0.3 is 0 Å². The van der Waals surface area contributed by atoms with Gasteiger partial charge in [-0.25, -0.2) is 0 Å². The topological polar surface area (TPSA) is 23.8 Å². The van der Waals surface area contributed by atoms with Crippen LogP contribution in [0.3, 0.4) is 0 Å². The number of rotatable bonds is 12. The van der Waals surface area contributed by atoms with Crippen LogP contribution in [-0.2, 0) is 0 Å². The highest BCUT2D eigenvalue weighted by atomic mass is 15.3. The summed E-state index contributed by atoms with van der Waals surface area (Å²) >= 11 is 0. The van der Waals surface area contributed by atoms with Crippen LogP contribution in [0.25, 0.3) is 0 Å². The zero-order chi connectivity index (χ0) is 15.0. The molecule has 19 heavy (non-hydrogen) atoms. The molecular formula is C17H36N2. The van der Waals surface area contributed by atoms with Gasteiger partial charge in [0.15, 0.2) is 0 Å². The van der Waals surface area contributed by atoms with Crippen LogP contribution in [0.1, 0.15) is 79.1 Å². The van der Waals surface area contributed by atoms with Gasteiger partial charge in [-0.2, -0.15) is 0 Å². The van der Waals surface area contributed by atoms with Gasteiger partial charge < -0.3 is 16.3 Å². The molecule has 114 valence electrons. The summed E-state index contributed by atoms with van der Waals surface area (Å²) in [5.74, 6) is 0. The molecule has 0 aromatic carbocycles. The zero-order valence-corrected chi connectivity index (χ0v) is 13.9. The molecule has 2 nitrogen and oxygen atoms in total. The van der Waals surface area contributed by atoms with E-state index in [0.717, 1.165) is 0 Å². The minimum absolute atomic E-state index is 1.35. The van der Waals surface area contributed by atoms with Crippen LogP contribution in [0.15, 0.2) is 0 Å². The molecular weight excluding hydrogens is 232 g/mol. The van der Waals surface area contributed by atoms with E-state index in [0.29, 0.717) is 0 Å². The zero-order valence-electron chi connectivity index (χ0n) is 13.9. The standard InChI is InChI=1S/C16H36N.CN/c1-5-9-13-17(14-10-6-2,15-11-7-3)16-12-8-4;1-2/h5-16H2,1-4H3;/q+1;-1. The summed E-state index contributed by atoms with van der Waals surface area (Å²) in [4.78, 5) is 0. The Morgan fingerprint density at radius 3 is 0.947 bits per heavy atom. The maximum absolute atomic E-state index is 6.25. The van der Waals surface area contributed by atoms with Gasteiger partial charge in [-0.05, 0) is 25.7 Å². The summed E-state index contributed by atoms with van der Waals surface area (Å²) < 4.78 is 1.42. The van der Waals surface area contributed by atoms with Crippen molar-refractivity contribution in [1.82, 2.24) is 0 Å². The lowest BCUT2D eigenvalue weighted by molar-refractivity contribution is -0.929. The van der Waals surface area contributed by atoms with E-state index in [-0.39, 0.29) is 0 Å². The molecule has 2 heteroatoms. The van der Waals surface area contributed by atoms with E-state index in [1.165, 1.54) is 82.0 Å². The van der Waals surface area contributed by atoms with Crippen molar-refractivity contribution in [3.63, 3.8) is 0 Å². The first-order valence-corrected chi connectivity index (χ1v) is 8.32. The minimum atomic E-state index is 1.35. The molecule has 0 aliphatic carbocycles. The number of unbranched alkanes of at least 4 members (excludes halogenated alkanes) is 4. The molecule has 0 aliphatic rings. The van der Waals surface area contributed by atoms with Crippen LogP contribution >= 0.6 is 0 Å². The van der Waals surface area contributed by atoms with Crippen molar-refractivity contribution in [3.05, 3.63) is 6.57 Å². The van der Waals surface area contributed by atoms with Gasteiger partial charge in [0.2, 0.25) is 0 Å². The predicted octanol–water partition coefficient (Wildman–Crippen LogP) is 5.10. The van der Waals surface area contributed by atoms with Crippen LogP contribution < -0.4 is 0 Å². The smallest absolute Gasteiger partial charge is 0.0786 e. The summed E-state index contributed by atoms with van der Waals surface area (Å²) in [7, 11) is 0. The summed E-state index contributed by atoms with van der Waals surface area (Å²) in [6.45, 7) is 19.8. The second-order valence-electron chi connectivity index (χ2n) is 5.65. The van der Waals surface area contributed by atoms with E-state index in [4.69, 9.17) is 11.8 Å². The second-order valence-corrected chi connectivity index (χ2v) is 5.65. The summed E-state index contributed by atoms with van der Waals surface area (Å²) in [6, 6.07) is 0. The van der Waals surface area contributed by atoms with E-state index in [1.807, 2.05) is 0 Å². The Kier molecular flexibility index (Phi) is 16.9. The van der Waals surface area contributed by atoms with E-state index in [9.17, 15) is 0 Å². The van der Waals surface area contributed by atoms with E-state index in [2.05, 4.69) is 27.7 Å². The van der Waals surface area contributed by atoms with Gasteiger partial charge in [-0.15, -0.1) is 0 Å². The maximum Gasteiger partial charge on any atom is 0.0786 e. The number of quaternary nitrogens is 1. The molecule has 0 amide bonds. The van der Waals surface area contributed by atoms with Crippen molar-refractivity contribution in [2.24, 2.45) is 0 Å². The highest BCUT2D eigenvalue weighted by Crippen LogP contribution is 2.16. The quantitative estimate of drug-likeness (QED) is 0.357. The SMILES string of the molecule is CCCC[N+](CCCC)(CCCC)CCCC.[C-]#N. The van der Waals surface area contributed by atoms with Crippen LogP contribution in [-0.4, -0.2) is 30.7 Å². The van der Waals surface area contributed by atoms with Crippen LogP contribution in [0.4, 0.5) is 0 Å². The molecule has 0 saturated carbocycles. The molecule has 0 heterocycles. The first-order valence-electron chi connectivity index (χ1n) is 8.32. The highest BCUT2D eigenvalue weighted by molar-refractivity contribution is 4.49. The van der Waals surface area contributed by atoms with Gasteiger partial charge in [0, 0.05) is 0 Å². The Morgan fingerprint density at radius 1 is 0.579 bits per heavy atom. The van der Waals surface area contributed by atoms with Gasteiger partial charge in [0.05, 0.1) is 26.2 Å². The molecule has 0 saturated heterocycles. The summed E-state index contributed by atoms with van der Waals surface area (Å²) in [6.07, 6.45) is 11.1. The van der Waals surface area contributed by atoms with Crippen molar-refractivity contribution in [3.8, 4) is 0 Å². The molecule has 0 fully saturated rings. The normalized spacial score (nSPS) is 10.8. The largest absolute Gasteiger partial charge is 0.512 e. The predicted molar refractivity (Wildman–Crippen MR) is 84.3 cm³/mol. The Hall–Kier alpha value is -0.550. The Balaban J connectivity index is 0. The Labute approximate surface area is 122 Å². The van der Waals surface area contributed by atoms with E-state index in [1.54, 1.807) is 0 Å². The third kappa shape index (κ3) is 11.0. The first kappa shape index (κ1) is 20.8. The first-order chi connectivity index (χ1) is 9.24. The average Bonchev–Trinajstić information content (AvgIpc) is 2.48. The lowest BCUT2D eigenvalue weighted by Gasteiger charge is -2.39. The van der Waals surface area contributed by atoms with Crippen molar-refractivity contribution in [2.75, 3.05) is 26.2 Å². The molecule has 0 rings (SSSR count). The molecule has 0 atom stereocenters. The van der Waals surface area contributed by atoms with Gasteiger partial charge in [-0.3, -0.25) is 0 Å². The van der Waals surface area contributed by atoms with Gasteiger partial charge in [0.1, 0.15) is 0 Å². The fourth-order valence-electron chi connectivity index (χ4n) is 2.64. The van der Waals surface area contributed by atoms with Gasteiger partial charge in [-0.1, -0.05) is 53.4 Å². The molecule has 0 radical (unpaired) electrons. The highest BCUT2D eigenvalue weighted by Gasteiger charge is 2.24. The summed E-state index contributed by atoms with van der Waals surface area (Å²) in [5, 5.41) is 6.25.